The van der Waals surface area contributed by atoms with Gasteiger partial charge in [0, 0.05) is 32.7 Å². The molecule has 0 aromatic heterocycles. The van der Waals surface area contributed by atoms with Gasteiger partial charge in [-0.25, -0.2) is 0 Å². The molecule has 30 heavy (non-hydrogen) atoms. The molecule has 0 aliphatic heterocycles. The van der Waals surface area contributed by atoms with E-state index in [-0.39, 0.29) is 60.4 Å². The average molecular weight is 552 g/mol. The van der Waals surface area contributed by atoms with Gasteiger partial charge in [-0.05, 0) is 28.9 Å². The van der Waals surface area contributed by atoms with E-state index >= 15 is 0 Å². The Morgan fingerprint density at radius 3 is 1.87 bits per heavy atom. The van der Waals surface area contributed by atoms with E-state index in [4.69, 9.17) is 11.5 Å². The fraction of sp³-hybridized carbons (Fsp3) is 0.143. The molecule has 1 radical (unpaired) electrons. The van der Waals surface area contributed by atoms with Crippen LogP contribution in [0.1, 0.15) is 0 Å². The van der Waals surface area contributed by atoms with E-state index in [0.29, 0.717) is 0 Å². The second kappa shape index (κ2) is 10.2. The first-order valence-electron chi connectivity index (χ1n) is 7.38. The van der Waals surface area contributed by atoms with Crippen LogP contribution in [0, 0.1) is 0 Å². The van der Waals surface area contributed by atoms with E-state index in [0.717, 1.165) is 44.6 Å². The first-order valence-corrected chi connectivity index (χ1v) is 11.3. The number of benzene rings is 2. The Balaban J connectivity index is 0.00000450. The zero-order chi connectivity index (χ0) is 22.0. The van der Waals surface area contributed by atoms with E-state index in [2.05, 4.69) is 18.6 Å². The SMILES string of the molecule is COS(=O)(=O)c1cc(N=Nc2ccc([S-](=O)=O)cc2S(=O)(=O)OC)c(N)cc1N.[Y]. The van der Waals surface area contributed by atoms with E-state index in [1.165, 1.54) is 0 Å². The van der Waals surface area contributed by atoms with Crippen LogP contribution in [0.3, 0.4) is 0 Å². The molecule has 0 unspecified atom stereocenters. The van der Waals surface area contributed by atoms with E-state index in [1.807, 2.05) is 0 Å². The first kappa shape index (κ1) is 26.5. The van der Waals surface area contributed by atoms with Gasteiger partial charge in [-0.1, -0.05) is 17.0 Å². The minimum atomic E-state index is -4.34. The Labute approximate surface area is 199 Å². The van der Waals surface area contributed by atoms with Gasteiger partial charge < -0.3 is 19.9 Å². The molecule has 0 spiro atoms. The topological polar surface area (TPSA) is 198 Å². The van der Waals surface area contributed by atoms with E-state index in [1.54, 1.807) is 0 Å². The van der Waals surface area contributed by atoms with Crippen LogP contribution >= 0.6 is 0 Å². The second-order valence-electron chi connectivity index (χ2n) is 5.25. The van der Waals surface area contributed by atoms with Crippen molar-refractivity contribution in [2.24, 2.45) is 10.2 Å². The first-order chi connectivity index (χ1) is 13.4. The van der Waals surface area contributed by atoms with Gasteiger partial charge in [0.05, 0.1) is 25.6 Å². The Kier molecular flexibility index (Phi) is 9.04. The summed E-state index contributed by atoms with van der Waals surface area (Å²) in [7, 11) is -9.38. The molecule has 0 saturated carbocycles. The van der Waals surface area contributed by atoms with Crippen molar-refractivity contribution in [3.05, 3.63) is 30.3 Å². The van der Waals surface area contributed by atoms with Crippen molar-refractivity contribution in [1.29, 1.82) is 0 Å². The Bertz CT molecular complexity index is 1270. The average Bonchev–Trinajstić information content (AvgIpc) is 2.66. The van der Waals surface area contributed by atoms with Crippen LogP contribution in [0.15, 0.2) is 55.2 Å². The van der Waals surface area contributed by atoms with Gasteiger partial charge in [-0.15, -0.1) is 10.2 Å². The number of azo groups is 1. The molecule has 2 rings (SSSR count). The Morgan fingerprint density at radius 1 is 0.800 bits per heavy atom. The van der Waals surface area contributed by atoms with E-state index in [9.17, 15) is 25.3 Å². The molecule has 2 aromatic carbocycles. The van der Waals surface area contributed by atoms with Crippen molar-refractivity contribution < 1.29 is 66.3 Å². The van der Waals surface area contributed by atoms with Crippen LogP contribution in [0.25, 0.3) is 0 Å². The minimum absolute atomic E-state index is 0. The summed E-state index contributed by atoms with van der Waals surface area (Å²) in [4.78, 5) is -1.30. The number of hydrogen-bond donors (Lipinski definition) is 2. The smallest absolute Gasteiger partial charge is 0.298 e. The normalized spacial score (nSPS) is 12.2. The molecule has 0 aliphatic rings. The summed E-state index contributed by atoms with van der Waals surface area (Å²) in [5.41, 5.74) is 10.7. The molecule has 0 atom stereocenters. The maximum absolute atomic E-state index is 12.1. The summed E-state index contributed by atoms with van der Waals surface area (Å²) in [5.74, 6) is 0. The fourth-order valence-electron chi connectivity index (χ4n) is 2.07. The largest absolute Gasteiger partial charge is 0.420 e. The predicted octanol–water partition coefficient (Wildman–Crippen LogP) is 1.60. The second-order valence-corrected chi connectivity index (χ2v) is 9.56. The molecule has 0 fully saturated rings. The third-order valence-electron chi connectivity index (χ3n) is 3.53. The van der Waals surface area contributed by atoms with Crippen molar-refractivity contribution >= 4 is 53.7 Å². The molecule has 0 aliphatic carbocycles. The molecule has 0 amide bonds. The monoisotopic (exact) mass is 552 g/mol. The standard InChI is InChI=1S/C14H15N4O8S3.Y/c1-25-28(21,22)13-7-12(9(15)6-10(13)16)18-17-11-4-3-8(27(19)20)5-14(11)29(23,24)26-2;/h3-7H,15-16H2,1-2H3;/q-1;. The Hall–Kier alpha value is -1.49. The number of anilines is 2. The minimum Gasteiger partial charge on any atom is -0.420 e. The molecule has 2 aromatic rings. The molecule has 4 N–H and O–H groups in total. The quantitative estimate of drug-likeness (QED) is 0.220. The van der Waals surface area contributed by atoms with Crippen LogP contribution < -0.4 is 11.5 Å². The van der Waals surface area contributed by atoms with Crippen molar-refractivity contribution in [2.45, 2.75) is 14.7 Å². The molecular formula is C14H15N4O8S3Y-. The fourth-order valence-corrected chi connectivity index (χ4v) is 4.14. The van der Waals surface area contributed by atoms with Gasteiger partial charge in [-0.2, -0.15) is 16.8 Å². The van der Waals surface area contributed by atoms with Crippen LogP contribution in [0.4, 0.5) is 22.7 Å². The van der Waals surface area contributed by atoms with Crippen molar-refractivity contribution in [3.63, 3.8) is 0 Å². The van der Waals surface area contributed by atoms with E-state index < -0.39 is 40.7 Å². The molecule has 0 saturated heterocycles. The number of rotatable bonds is 7. The van der Waals surface area contributed by atoms with Crippen molar-refractivity contribution in [3.8, 4) is 0 Å². The predicted molar refractivity (Wildman–Crippen MR) is 101 cm³/mol. The van der Waals surface area contributed by atoms with Gasteiger partial charge in [0.25, 0.3) is 20.2 Å². The summed E-state index contributed by atoms with van der Waals surface area (Å²) in [5, 5.41) is 7.50. The van der Waals surface area contributed by atoms with Gasteiger partial charge in [0.2, 0.25) is 0 Å². The van der Waals surface area contributed by atoms with Gasteiger partial charge in [0.15, 0.2) is 0 Å². The number of nitrogens with two attached hydrogens (primary N) is 2. The summed E-state index contributed by atoms with van der Waals surface area (Å²) >= 11 is 0. The number of hydrogen-bond acceptors (Lipinski definition) is 13. The van der Waals surface area contributed by atoms with Gasteiger partial charge >= 0.3 is 0 Å². The Morgan fingerprint density at radius 2 is 1.33 bits per heavy atom. The molecule has 161 valence electrons. The van der Waals surface area contributed by atoms with Gasteiger partial charge in [0.1, 0.15) is 21.2 Å². The third-order valence-corrected chi connectivity index (χ3v) is 6.80. The summed E-state index contributed by atoms with van der Waals surface area (Å²) in [6.07, 6.45) is 0. The maximum atomic E-state index is 12.1. The number of nitrogen functional groups attached to an aromatic ring is 2. The number of nitrogens with zero attached hydrogens (tertiary/aromatic N) is 2. The zero-order valence-corrected chi connectivity index (χ0v) is 20.8. The molecule has 12 nitrogen and oxygen atoms in total. The molecule has 0 bridgehead atoms. The van der Waals surface area contributed by atoms with Gasteiger partial charge in [-0.3, -0.25) is 8.37 Å². The molecule has 16 heteroatoms. The zero-order valence-electron chi connectivity index (χ0n) is 15.5. The summed E-state index contributed by atoms with van der Waals surface area (Å²) < 4.78 is 79.0. The van der Waals surface area contributed by atoms with Crippen molar-refractivity contribution in [1.82, 2.24) is 0 Å². The van der Waals surface area contributed by atoms with Crippen LogP contribution in [-0.4, -0.2) is 31.1 Å². The van der Waals surface area contributed by atoms with Crippen LogP contribution in [-0.2, 0) is 80.4 Å². The van der Waals surface area contributed by atoms with Crippen molar-refractivity contribution in [2.75, 3.05) is 25.7 Å². The molecule has 0 heterocycles. The third kappa shape index (κ3) is 5.81. The molecular weight excluding hydrogens is 537 g/mol. The summed E-state index contributed by atoms with van der Waals surface area (Å²) in [6, 6.07) is 5.14. The van der Waals surface area contributed by atoms with Crippen LogP contribution in [0.2, 0.25) is 0 Å². The summed E-state index contributed by atoms with van der Waals surface area (Å²) in [6.45, 7) is 0. The maximum Gasteiger partial charge on any atom is 0.298 e. The van der Waals surface area contributed by atoms with Crippen LogP contribution in [0.5, 0.6) is 0 Å².